The maximum Gasteiger partial charge on any atom is 0.235 e. The van der Waals surface area contributed by atoms with E-state index in [1.54, 1.807) is 31.4 Å². The van der Waals surface area contributed by atoms with Crippen molar-refractivity contribution in [2.24, 2.45) is 0 Å². The van der Waals surface area contributed by atoms with Crippen LogP contribution in [-0.4, -0.2) is 31.2 Å². The number of hydrogen-bond donors (Lipinski definition) is 1. The van der Waals surface area contributed by atoms with Crippen molar-refractivity contribution >= 4 is 34.8 Å². The monoisotopic (exact) mass is 394 g/mol. The van der Waals surface area contributed by atoms with Crippen molar-refractivity contribution in [1.29, 1.82) is 0 Å². The van der Waals surface area contributed by atoms with Gasteiger partial charge in [0, 0.05) is 29.3 Å². The number of ether oxygens (including phenoxy) is 2. The number of anilines is 1. The van der Waals surface area contributed by atoms with E-state index in [-0.39, 0.29) is 5.91 Å². The quantitative estimate of drug-likeness (QED) is 0.834. The van der Waals surface area contributed by atoms with E-state index < -0.39 is 5.41 Å². The summed E-state index contributed by atoms with van der Waals surface area (Å²) in [5, 5.41) is 4.03. The SMILES string of the molecule is COc1ccc(NC(=O)C2(c3ccc(Cl)cc3Cl)CCOCC2)c(C)n1. The second-order valence-corrected chi connectivity index (χ2v) is 7.10. The molecule has 3 rings (SSSR count). The van der Waals surface area contributed by atoms with Gasteiger partial charge in [0.25, 0.3) is 0 Å². The van der Waals surface area contributed by atoms with E-state index in [0.29, 0.717) is 53.4 Å². The second-order valence-electron chi connectivity index (χ2n) is 6.26. The number of carbonyl (C=O) groups excluding carboxylic acids is 1. The van der Waals surface area contributed by atoms with Gasteiger partial charge in [0.1, 0.15) is 0 Å². The van der Waals surface area contributed by atoms with Crippen LogP contribution in [0.1, 0.15) is 24.1 Å². The molecule has 1 N–H and O–H groups in total. The Hall–Kier alpha value is -1.82. The molecule has 0 saturated carbocycles. The molecular weight excluding hydrogens is 375 g/mol. The number of pyridine rings is 1. The van der Waals surface area contributed by atoms with E-state index in [2.05, 4.69) is 10.3 Å². The summed E-state index contributed by atoms with van der Waals surface area (Å²) in [6.45, 7) is 2.81. The molecule has 0 bridgehead atoms. The van der Waals surface area contributed by atoms with E-state index in [0.717, 1.165) is 5.56 Å². The third-order valence-electron chi connectivity index (χ3n) is 4.75. The average Bonchev–Trinajstić information content (AvgIpc) is 2.63. The minimum Gasteiger partial charge on any atom is -0.481 e. The Balaban J connectivity index is 1.96. The lowest BCUT2D eigenvalue weighted by molar-refractivity contribution is -0.125. The molecule has 2 heterocycles. The highest BCUT2D eigenvalue weighted by Gasteiger charge is 2.43. The summed E-state index contributed by atoms with van der Waals surface area (Å²) in [6.07, 6.45) is 1.09. The molecule has 1 aliphatic heterocycles. The first-order chi connectivity index (χ1) is 12.5. The van der Waals surface area contributed by atoms with Crippen molar-refractivity contribution in [1.82, 2.24) is 4.98 Å². The van der Waals surface area contributed by atoms with Crippen LogP contribution < -0.4 is 10.1 Å². The Morgan fingerprint density at radius 3 is 2.58 bits per heavy atom. The van der Waals surface area contributed by atoms with E-state index in [9.17, 15) is 4.79 Å². The van der Waals surface area contributed by atoms with Crippen molar-refractivity contribution in [3.05, 3.63) is 51.6 Å². The van der Waals surface area contributed by atoms with Crippen molar-refractivity contribution in [2.75, 3.05) is 25.6 Å². The van der Waals surface area contributed by atoms with Gasteiger partial charge in [-0.1, -0.05) is 29.3 Å². The predicted octanol–water partition coefficient (Wildman–Crippen LogP) is 4.39. The largest absolute Gasteiger partial charge is 0.481 e. The molecular formula is C19H20Cl2N2O3. The minimum absolute atomic E-state index is 0.125. The fraction of sp³-hybridized carbons (Fsp3) is 0.368. The minimum atomic E-state index is -0.772. The molecule has 1 aliphatic rings. The lowest BCUT2D eigenvalue weighted by atomic mass is 9.73. The third-order valence-corrected chi connectivity index (χ3v) is 5.29. The molecule has 0 spiro atoms. The fourth-order valence-corrected chi connectivity index (χ4v) is 3.83. The van der Waals surface area contributed by atoms with Crippen LogP contribution in [0.25, 0.3) is 0 Å². The van der Waals surface area contributed by atoms with Crippen molar-refractivity contribution in [2.45, 2.75) is 25.2 Å². The van der Waals surface area contributed by atoms with E-state index in [1.807, 2.05) is 13.0 Å². The molecule has 0 aliphatic carbocycles. The first-order valence-corrected chi connectivity index (χ1v) is 9.08. The lowest BCUT2D eigenvalue weighted by Gasteiger charge is -2.37. The van der Waals surface area contributed by atoms with Crippen molar-refractivity contribution < 1.29 is 14.3 Å². The van der Waals surface area contributed by atoms with Gasteiger partial charge in [-0.3, -0.25) is 4.79 Å². The molecule has 1 aromatic carbocycles. The summed E-state index contributed by atoms with van der Waals surface area (Å²) >= 11 is 12.5. The highest BCUT2D eigenvalue weighted by atomic mass is 35.5. The van der Waals surface area contributed by atoms with Gasteiger partial charge < -0.3 is 14.8 Å². The van der Waals surface area contributed by atoms with Crippen LogP contribution >= 0.6 is 23.2 Å². The van der Waals surface area contributed by atoms with Crippen LogP contribution in [0.15, 0.2) is 30.3 Å². The highest BCUT2D eigenvalue weighted by Crippen LogP contribution is 2.40. The number of nitrogens with one attached hydrogen (secondary N) is 1. The van der Waals surface area contributed by atoms with Crippen LogP contribution in [0.3, 0.4) is 0 Å². The number of aromatic nitrogens is 1. The van der Waals surface area contributed by atoms with Crippen LogP contribution in [0, 0.1) is 6.92 Å². The first kappa shape index (κ1) is 19.0. The Bertz CT molecular complexity index is 820. The zero-order chi connectivity index (χ0) is 18.7. The van der Waals surface area contributed by atoms with Crippen LogP contribution in [0.2, 0.25) is 10.0 Å². The molecule has 5 nitrogen and oxygen atoms in total. The number of methoxy groups -OCH3 is 1. The van der Waals surface area contributed by atoms with Crippen LogP contribution in [-0.2, 0) is 14.9 Å². The van der Waals surface area contributed by atoms with Gasteiger partial charge in [-0.25, -0.2) is 4.98 Å². The Morgan fingerprint density at radius 2 is 1.96 bits per heavy atom. The number of aryl methyl sites for hydroxylation is 1. The fourth-order valence-electron chi connectivity index (χ4n) is 3.24. The van der Waals surface area contributed by atoms with Crippen LogP contribution in [0.4, 0.5) is 5.69 Å². The lowest BCUT2D eigenvalue weighted by Crippen LogP contribution is -2.45. The maximum absolute atomic E-state index is 13.3. The van der Waals surface area contributed by atoms with E-state index in [1.165, 1.54) is 0 Å². The summed E-state index contributed by atoms with van der Waals surface area (Å²) in [5.41, 5.74) is 1.32. The summed E-state index contributed by atoms with van der Waals surface area (Å²) in [5.74, 6) is 0.377. The smallest absolute Gasteiger partial charge is 0.235 e. The summed E-state index contributed by atoms with van der Waals surface area (Å²) in [6, 6.07) is 8.76. The molecule has 1 fully saturated rings. The average molecular weight is 395 g/mol. The van der Waals surface area contributed by atoms with E-state index >= 15 is 0 Å². The predicted molar refractivity (Wildman–Crippen MR) is 102 cm³/mol. The van der Waals surface area contributed by atoms with Crippen molar-refractivity contribution in [3.8, 4) is 5.88 Å². The molecule has 7 heteroatoms. The Labute approximate surface area is 162 Å². The number of halogens is 2. The van der Waals surface area contributed by atoms with Gasteiger partial charge >= 0.3 is 0 Å². The first-order valence-electron chi connectivity index (χ1n) is 8.32. The molecule has 0 atom stereocenters. The summed E-state index contributed by atoms with van der Waals surface area (Å²) in [7, 11) is 1.56. The van der Waals surface area contributed by atoms with Crippen molar-refractivity contribution in [3.63, 3.8) is 0 Å². The molecule has 1 amide bonds. The van der Waals surface area contributed by atoms with Gasteiger partial charge in [0.05, 0.1) is 23.9 Å². The second kappa shape index (κ2) is 7.82. The van der Waals surface area contributed by atoms with Gasteiger partial charge in [0.15, 0.2) is 0 Å². The topological polar surface area (TPSA) is 60.5 Å². The third kappa shape index (κ3) is 3.65. The molecule has 1 aromatic heterocycles. The van der Waals surface area contributed by atoms with E-state index in [4.69, 9.17) is 32.7 Å². The summed E-state index contributed by atoms with van der Waals surface area (Å²) in [4.78, 5) is 17.6. The zero-order valence-corrected chi connectivity index (χ0v) is 16.2. The Kier molecular flexibility index (Phi) is 5.70. The number of nitrogens with zero attached hydrogens (tertiary/aromatic N) is 1. The highest BCUT2D eigenvalue weighted by molar-refractivity contribution is 6.35. The molecule has 138 valence electrons. The number of amides is 1. The van der Waals surface area contributed by atoms with Gasteiger partial charge in [-0.15, -0.1) is 0 Å². The molecule has 0 unspecified atom stereocenters. The normalized spacial score (nSPS) is 16.2. The standard InChI is InChI=1S/C19H20Cl2N2O3/c1-12-16(5-6-17(22-12)25-2)23-18(24)19(7-9-26-10-8-19)14-4-3-13(20)11-15(14)21/h3-6,11H,7-10H2,1-2H3,(H,23,24). The summed E-state index contributed by atoms with van der Waals surface area (Å²) < 4.78 is 10.6. The van der Waals surface area contributed by atoms with Gasteiger partial charge in [0.2, 0.25) is 11.8 Å². The molecule has 0 radical (unpaired) electrons. The number of benzene rings is 1. The number of hydrogen-bond acceptors (Lipinski definition) is 4. The Morgan fingerprint density at radius 1 is 1.23 bits per heavy atom. The molecule has 2 aromatic rings. The number of carbonyl (C=O) groups is 1. The van der Waals surface area contributed by atoms with Gasteiger partial charge in [-0.05, 0) is 43.5 Å². The zero-order valence-electron chi connectivity index (χ0n) is 14.6. The van der Waals surface area contributed by atoms with Gasteiger partial charge in [-0.2, -0.15) is 0 Å². The van der Waals surface area contributed by atoms with Crippen LogP contribution in [0.5, 0.6) is 5.88 Å². The number of rotatable bonds is 4. The molecule has 26 heavy (non-hydrogen) atoms. The molecule has 1 saturated heterocycles. The maximum atomic E-state index is 13.3.